The molecule has 0 aliphatic heterocycles. The first-order chi connectivity index (χ1) is 9.08. The Morgan fingerprint density at radius 2 is 2.05 bits per heavy atom. The molecule has 1 N–H and O–H groups in total. The SMILES string of the molecule is CCCCS(=O)/C(=C\Cl)C(=O)Nc1ccc(F)cc1. The van der Waals surface area contributed by atoms with Gasteiger partial charge in [-0.15, -0.1) is 0 Å². The van der Waals surface area contributed by atoms with Crippen LogP contribution in [-0.2, 0) is 15.6 Å². The van der Waals surface area contributed by atoms with Crippen LogP contribution < -0.4 is 5.32 Å². The number of nitrogens with one attached hydrogen (secondary N) is 1. The third-order valence-corrected chi connectivity index (χ3v) is 4.15. The molecule has 0 aliphatic rings. The summed E-state index contributed by atoms with van der Waals surface area (Å²) in [6.07, 6.45) is 1.64. The lowest BCUT2D eigenvalue weighted by Gasteiger charge is -2.07. The fourth-order valence-corrected chi connectivity index (χ4v) is 2.84. The first kappa shape index (κ1) is 15.9. The molecule has 0 radical (unpaired) electrons. The second-order valence-electron chi connectivity index (χ2n) is 3.84. The minimum atomic E-state index is -1.42. The van der Waals surface area contributed by atoms with Gasteiger partial charge in [0.1, 0.15) is 10.7 Å². The zero-order valence-corrected chi connectivity index (χ0v) is 12.1. The van der Waals surface area contributed by atoms with Crippen molar-refractivity contribution in [2.75, 3.05) is 11.1 Å². The summed E-state index contributed by atoms with van der Waals surface area (Å²) < 4.78 is 24.6. The predicted molar refractivity (Wildman–Crippen MR) is 76.9 cm³/mol. The molecule has 0 spiro atoms. The van der Waals surface area contributed by atoms with Gasteiger partial charge < -0.3 is 5.32 Å². The Kier molecular flexibility index (Phi) is 6.73. The Hall–Kier alpha value is -1.20. The van der Waals surface area contributed by atoms with Crippen molar-refractivity contribution in [1.82, 2.24) is 0 Å². The van der Waals surface area contributed by atoms with Crippen molar-refractivity contribution in [3.63, 3.8) is 0 Å². The molecule has 19 heavy (non-hydrogen) atoms. The van der Waals surface area contributed by atoms with Gasteiger partial charge in [-0.25, -0.2) is 4.39 Å². The average Bonchev–Trinajstić information content (AvgIpc) is 2.40. The fourth-order valence-electron chi connectivity index (χ4n) is 1.31. The van der Waals surface area contributed by atoms with Gasteiger partial charge in [0.2, 0.25) is 0 Å². The topological polar surface area (TPSA) is 46.2 Å². The van der Waals surface area contributed by atoms with Crippen molar-refractivity contribution in [3.05, 3.63) is 40.5 Å². The summed E-state index contributed by atoms with van der Waals surface area (Å²) in [6.45, 7) is 1.97. The second kappa shape index (κ2) is 8.07. The van der Waals surface area contributed by atoms with Gasteiger partial charge >= 0.3 is 0 Å². The third-order valence-electron chi connectivity index (χ3n) is 2.35. The molecule has 1 aromatic carbocycles. The normalized spacial score (nSPS) is 13.1. The molecule has 0 aromatic heterocycles. The summed E-state index contributed by atoms with van der Waals surface area (Å²) in [5, 5.41) is 2.53. The quantitative estimate of drug-likeness (QED) is 0.819. The first-order valence-electron chi connectivity index (χ1n) is 5.84. The predicted octanol–water partition coefficient (Wildman–Crippen LogP) is 3.39. The molecule has 6 heteroatoms. The molecule has 1 atom stereocenters. The van der Waals surface area contributed by atoms with E-state index in [4.69, 9.17) is 11.6 Å². The summed E-state index contributed by atoms with van der Waals surface area (Å²) in [5.41, 5.74) is 1.46. The number of benzene rings is 1. The maximum absolute atomic E-state index is 12.7. The van der Waals surface area contributed by atoms with Gasteiger partial charge in [0.25, 0.3) is 5.91 Å². The van der Waals surface area contributed by atoms with Crippen LogP contribution in [0.15, 0.2) is 34.7 Å². The lowest BCUT2D eigenvalue weighted by atomic mass is 10.3. The zero-order valence-electron chi connectivity index (χ0n) is 10.5. The van der Waals surface area contributed by atoms with Crippen molar-refractivity contribution in [1.29, 1.82) is 0 Å². The van der Waals surface area contributed by atoms with Crippen molar-refractivity contribution in [2.45, 2.75) is 19.8 Å². The Morgan fingerprint density at radius 3 is 2.58 bits per heavy atom. The lowest BCUT2D eigenvalue weighted by molar-refractivity contribution is -0.112. The van der Waals surface area contributed by atoms with Gasteiger partial charge in [-0.1, -0.05) is 24.9 Å². The van der Waals surface area contributed by atoms with E-state index in [-0.39, 0.29) is 4.91 Å². The third kappa shape index (κ3) is 5.12. The number of anilines is 1. The van der Waals surface area contributed by atoms with Crippen LogP contribution in [0.1, 0.15) is 19.8 Å². The molecular formula is C13H15ClFNO2S. The van der Waals surface area contributed by atoms with Crippen molar-refractivity contribution in [3.8, 4) is 0 Å². The van der Waals surface area contributed by atoms with Crippen LogP contribution in [0.4, 0.5) is 10.1 Å². The highest BCUT2D eigenvalue weighted by Gasteiger charge is 2.16. The Labute approximate surface area is 119 Å². The Balaban J connectivity index is 2.69. The molecule has 0 aliphatic carbocycles. The lowest BCUT2D eigenvalue weighted by Crippen LogP contribution is -2.18. The first-order valence-corrected chi connectivity index (χ1v) is 7.59. The van der Waals surface area contributed by atoms with E-state index in [0.29, 0.717) is 11.4 Å². The second-order valence-corrected chi connectivity index (χ2v) is 5.59. The fraction of sp³-hybridized carbons (Fsp3) is 0.308. The van der Waals surface area contributed by atoms with E-state index in [9.17, 15) is 13.4 Å². The Morgan fingerprint density at radius 1 is 1.42 bits per heavy atom. The van der Waals surface area contributed by atoms with E-state index >= 15 is 0 Å². The van der Waals surface area contributed by atoms with E-state index in [2.05, 4.69) is 5.32 Å². The molecule has 3 nitrogen and oxygen atoms in total. The molecule has 1 unspecified atom stereocenters. The van der Waals surface area contributed by atoms with Crippen molar-refractivity contribution in [2.24, 2.45) is 0 Å². The van der Waals surface area contributed by atoms with Crippen LogP contribution in [0.5, 0.6) is 0 Å². The van der Waals surface area contributed by atoms with E-state index in [1.807, 2.05) is 6.92 Å². The highest BCUT2D eigenvalue weighted by Crippen LogP contribution is 2.13. The highest BCUT2D eigenvalue weighted by molar-refractivity contribution is 7.90. The summed E-state index contributed by atoms with van der Waals surface area (Å²) in [4.78, 5) is 11.9. The molecule has 0 saturated carbocycles. The smallest absolute Gasteiger partial charge is 0.265 e. The average molecular weight is 304 g/mol. The number of carbonyl (C=O) groups is 1. The van der Waals surface area contributed by atoms with Crippen LogP contribution in [-0.4, -0.2) is 15.9 Å². The number of hydrogen-bond donors (Lipinski definition) is 1. The van der Waals surface area contributed by atoms with Gasteiger partial charge in [-0.05, 0) is 30.7 Å². The monoisotopic (exact) mass is 303 g/mol. The largest absolute Gasteiger partial charge is 0.321 e. The van der Waals surface area contributed by atoms with Gasteiger partial charge in [0.05, 0.1) is 10.8 Å². The van der Waals surface area contributed by atoms with Crippen LogP contribution in [0.2, 0.25) is 0 Å². The number of halogens is 2. The number of hydrogen-bond acceptors (Lipinski definition) is 2. The number of carbonyl (C=O) groups excluding carboxylic acids is 1. The molecular weight excluding hydrogens is 289 g/mol. The van der Waals surface area contributed by atoms with E-state index in [1.165, 1.54) is 24.3 Å². The van der Waals surface area contributed by atoms with Crippen LogP contribution in [0.25, 0.3) is 0 Å². The maximum Gasteiger partial charge on any atom is 0.265 e. The molecule has 1 aromatic rings. The number of rotatable bonds is 6. The van der Waals surface area contributed by atoms with Gasteiger partial charge in [0, 0.05) is 17.0 Å². The minimum Gasteiger partial charge on any atom is -0.321 e. The van der Waals surface area contributed by atoms with E-state index in [0.717, 1.165) is 18.4 Å². The van der Waals surface area contributed by atoms with Gasteiger partial charge in [-0.2, -0.15) is 0 Å². The van der Waals surface area contributed by atoms with Crippen molar-refractivity contribution >= 4 is 34.0 Å². The highest BCUT2D eigenvalue weighted by atomic mass is 35.5. The molecule has 1 amide bonds. The minimum absolute atomic E-state index is 0.0273. The standard InChI is InChI=1S/C13H15ClFNO2S/c1-2-3-8-19(18)12(9-14)13(17)16-11-6-4-10(15)5-7-11/h4-7,9H,2-3,8H2,1H3,(H,16,17)/b12-9-. The zero-order chi connectivity index (χ0) is 14.3. The molecule has 0 heterocycles. The molecule has 0 saturated heterocycles. The van der Waals surface area contributed by atoms with E-state index in [1.54, 1.807) is 0 Å². The van der Waals surface area contributed by atoms with Gasteiger partial charge in [0.15, 0.2) is 0 Å². The summed E-state index contributed by atoms with van der Waals surface area (Å²) in [6, 6.07) is 5.31. The summed E-state index contributed by atoms with van der Waals surface area (Å²) in [7, 11) is -1.42. The van der Waals surface area contributed by atoms with Crippen LogP contribution in [0.3, 0.4) is 0 Å². The molecule has 104 valence electrons. The molecule has 0 fully saturated rings. The van der Waals surface area contributed by atoms with Crippen LogP contribution >= 0.6 is 11.6 Å². The molecule has 1 rings (SSSR count). The Bertz CT molecular complexity index is 488. The summed E-state index contributed by atoms with van der Waals surface area (Å²) >= 11 is 5.55. The van der Waals surface area contributed by atoms with Crippen molar-refractivity contribution < 1.29 is 13.4 Å². The number of unbranched alkanes of at least 4 members (excludes halogenated alkanes) is 1. The number of amides is 1. The van der Waals surface area contributed by atoms with Crippen LogP contribution in [0, 0.1) is 5.82 Å². The summed E-state index contributed by atoms with van der Waals surface area (Å²) in [5.74, 6) is -0.528. The van der Waals surface area contributed by atoms with E-state index < -0.39 is 22.5 Å². The van der Waals surface area contributed by atoms with Gasteiger partial charge in [-0.3, -0.25) is 9.00 Å². The molecule has 0 bridgehead atoms. The maximum atomic E-state index is 12.7.